The van der Waals surface area contributed by atoms with E-state index in [1.54, 1.807) is 0 Å². The first-order valence-corrected chi connectivity index (χ1v) is 16.0. The smallest absolute Gasteiger partial charge is 0.339 e. The van der Waals surface area contributed by atoms with Crippen molar-refractivity contribution in [2.45, 2.75) is 84.2 Å². The van der Waals surface area contributed by atoms with Crippen LogP contribution in [0.25, 0.3) is 0 Å². The maximum Gasteiger partial charge on any atom is 0.339 e. The number of cyclic esters (lactones) is 1. The van der Waals surface area contributed by atoms with Gasteiger partial charge in [-0.2, -0.15) is 0 Å². The van der Waals surface area contributed by atoms with Crippen molar-refractivity contribution in [2.75, 3.05) is 6.54 Å². The number of hydrogen-bond acceptors (Lipinski definition) is 5. The number of fused-ring (bicyclic) bond motifs is 4. The summed E-state index contributed by atoms with van der Waals surface area (Å²) < 4.78 is 13.2. The number of carbonyl (C=O) groups excluding carboxylic acids is 2. The fourth-order valence-corrected chi connectivity index (χ4v) is 10.0. The molecule has 0 aromatic heterocycles. The van der Waals surface area contributed by atoms with Gasteiger partial charge < -0.3 is 15.2 Å². The van der Waals surface area contributed by atoms with Crippen LogP contribution in [0.4, 0.5) is 0 Å². The van der Waals surface area contributed by atoms with Crippen molar-refractivity contribution in [1.82, 2.24) is 0 Å². The number of rotatable bonds is 7. The minimum absolute atomic E-state index is 0.143. The van der Waals surface area contributed by atoms with Crippen LogP contribution in [0.2, 0.25) is 0 Å². The van der Waals surface area contributed by atoms with Crippen LogP contribution in [0.5, 0.6) is 0 Å². The highest BCUT2D eigenvalue weighted by Crippen LogP contribution is 2.86. The van der Waals surface area contributed by atoms with Crippen molar-refractivity contribution < 1.29 is 19.1 Å². The summed E-state index contributed by atoms with van der Waals surface area (Å²) in [6.07, 6.45) is 19.2. The molecule has 2 N–H and O–H groups in total. The Labute approximate surface area is 243 Å². The third-order valence-corrected chi connectivity index (χ3v) is 11.5. The van der Waals surface area contributed by atoms with Gasteiger partial charge in [0.2, 0.25) is 0 Å². The van der Waals surface area contributed by atoms with E-state index in [0.29, 0.717) is 29.9 Å². The molecule has 2 heterocycles. The molecule has 1 spiro atoms. The van der Waals surface area contributed by atoms with E-state index in [0.717, 1.165) is 80.2 Å². The molecule has 6 aliphatic rings. The molecular formula is C36H43NO4. The van der Waals surface area contributed by atoms with Gasteiger partial charge in [-0.1, -0.05) is 81.7 Å². The normalized spacial score (nSPS) is 38.7. The number of aryl methyl sites for hydroxylation is 1. The highest BCUT2D eigenvalue weighted by atomic mass is 16.6. The Kier molecular flexibility index (Phi) is 6.28. The Bertz CT molecular complexity index is 1430. The van der Waals surface area contributed by atoms with Crippen LogP contribution in [0, 0.1) is 34.5 Å². The second kappa shape index (κ2) is 9.55. The van der Waals surface area contributed by atoms with E-state index >= 15 is 0 Å². The summed E-state index contributed by atoms with van der Waals surface area (Å²) in [6, 6.07) is 6.20. The molecular weight excluding hydrogens is 510 g/mol. The van der Waals surface area contributed by atoms with Gasteiger partial charge in [-0.25, -0.2) is 4.79 Å². The molecule has 4 aliphatic carbocycles. The zero-order valence-electron chi connectivity index (χ0n) is 24.7. The van der Waals surface area contributed by atoms with Gasteiger partial charge in [-0.3, -0.25) is 4.79 Å². The van der Waals surface area contributed by atoms with E-state index in [-0.39, 0.29) is 17.9 Å². The molecule has 0 bridgehead atoms. The van der Waals surface area contributed by atoms with E-state index in [2.05, 4.69) is 63.3 Å². The van der Waals surface area contributed by atoms with Crippen LogP contribution in [-0.4, -0.2) is 18.5 Å². The van der Waals surface area contributed by atoms with Crippen LogP contribution in [-0.2, 0) is 26.3 Å². The van der Waals surface area contributed by atoms with Crippen LogP contribution < -0.4 is 5.73 Å². The highest BCUT2D eigenvalue weighted by Gasteiger charge is 2.92. The third-order valence-electron chi connectivity index (χ3n) is 11.5. The molecule has 7 atom stereocenters. The van der Waals surface area contributed by atoms with Gasteiger partial charge in [0.15, 0.2) is 5.60 Å². The van der Waals surface area contributed by atoms with Crippen LogP contribution in [0.15, 0.2) is 65.5 Å². The number of allylic oxidation sites excluding steroid dienone is 6. The van der Waals surface area contributed by atoms with Gasteiger partial charge in [-0.05, 0) is 80.5 Å². The Morgan fingerprint density at radius 3 is 2.78 bits per heavy atom. The zero-order valence-corrected chi connectivity index (χ0v) is 24.7. The first-order valence-electron chi connectivity index (χ1n) is 16.0. The van der Waals surface area contributed by atoms with Gasteiger partial charge >= 0.3 is 11.9 Å². The lowest BCUT2D eigenvalue weighted by molar-refractivity contribution is -0.275. The maximum absolute atomic E-state index is 14.6. The van der Waals surface area contributed by atoms with Crippen molar-refractivity contribution in [3.8, 4) is 0 Å². The largest absolute Gasteiger partial charge is 0.449 e. The first kappa shape index (κ1) is 26.9. The summed E-state index contributed by atoms with van der Waals surface area (Å²) in [5.41, 5.74) is 8.58. The summed E-state index contributed by atoms with van der Waals surface area (Å²) >= 11 is 0. The number of nitrogens with two attached hydrogens (primary N) is 1. The quantitative estimate of drug-likeness (QED) is 0.288. The van der Waals surface area contributed by atoms with E-state index in [1.165, 1.54) is 5.57 Å². The molecule has 0 amide bonds. The summed E-state index contributed by atoms with van der Waals surface area (Å²) in [4.78, 5) is 28.5. The fraction of sp³-hybridized carbons (Fsp3) is 0.556. The monoisotopic (exact) mass is 553 g/mol. The molecule has 2 fully saturated rings. The van der Waals surface area contributed by atoms with Gasteiger partial charge in [0, 0.05) is 17.4 Å². The lowest BCUT2D eigenvalue weighted by Gasteiger charge is -2.71. The average Bonchev–Trinajstić information content (AvgIpc) is 3.43. The number of unbranched alkanes of at least 4 members (excludes halogenated alkanes) is 1. The molecule has 0 radical (unpaired) electrons. The molecule has 1 aromatic carbocycles. The lowest BCUT2D eigenvalue weighted by Crippen LogP contribution is -2.76. The molecule has 0 unspecified atom stereocenters. The van der Waals surface area contributed by atoms with Crippen LogP contribution >= 0.6 is 0 Å². The predicted molar refractivity (Wildman–Crippen MR) is 159 cm³/mol. The second-order valence-electron chi connectivity index (χ2n) is 13.2. The number of benzene rings is 1. The van der Waals surface area contributed by atoms with E-state index in [4.69, 9.17) is 15.2 Å². The van der Waals surface area contributed by atoms with Crippen LogP contribution in [0.1, 0.15) is 93.6 Å². The van der Waals surface area contributed by atoms with Gasteiger partial charge in [0.25, 0.3) is 0 Å². The standard InChI is InChI=1S/C36H43NO4/c1-4-6-16-30-34-20-19-26-25-14-7-11-22(3)24(25)17-18-27(26)35(34,33(39)40-30)29(10-5-2)36(34)28-15-8-12-23(13-9-21-37)31(28)32(38)41-36/h7-8,12,14-18,22,24-25,29H,4-6,9-11,13,19-21,37H2,1-3H3/t22-,24-,25+,29-,34+,35-,36-/m0/s1. The van der Waals surface area contributed by atoms with Crippen molar-refractivity contribution in [3.63, 3.8) is 0 Å². The van der Waals surface area contributed by atoms with Crippen molar-refractivity contribution in [1.29, 1.82) is 0 Å². The Hall–Kier alpha value is -2.92. The predicted octanol–water partition coefficient (Wildman–Crippen LogP) is 7.08. The van der Waals surface area contributed by atoms with Crippen LogP contribution in [0.3, 0.4) is 0 Å². The molecule has 5 heteroatoms. The molecule has 41 heavy (non-hydrogen) atoms. The fourth-order valence-electron chi connectivity index (χ4n) is 10.0. The number of esters is 2. The van der Waals surface area contributed by atoms with E-state index < -0.39 is 16.4 Å². The first-order chi connectivity index (χ1) is 19.9. The Morgan fingerprint density at radius 1 is 1.15 bits per heavy atom. The van der Waals surface area contributed by atoms with E-state index in [9.17, 15) is 9.59 Å². The molecule has 1 aromatic rings. The van der Waals surface area contributed by atoms with Gasteiger partial charge in [0.05, 0.1) is 11.0 Å². The zero-order chi connectivity index (χ0) is 28.6. The van der Waals surface area contributed by atoms with Crippen molar-refractivity contribution in [2.24, 2.45) is 40.2 Å². The number of hydrogen-bond donors (Lipinski definition) is 1. The molecule has 5 nitrogen and oxygen atoms in total. The minimum Gasteiger partial charge on any atom is -0.449 e. The Balaban J connectivity index is 1.50. The van der Waals surface area contributed by atoms with Gasteiger partial charge in [-0.15, -0.1) is 0 Å². The summed E-state index contributed by atoms with van der Waals surface area (Å²) in [7, 11) is 0. The molecule has 1 saturated carbocycles. The topological polar surface area (TPSA) is 78.6 Å². The van der Waals surface area contributed by atoms with Crippen molar-refractivity contribution in [3.05, 3.63) is 82.2 Å². The lowest BCUT2D eigenvalue weighted by atomic mass is 9.29. The molecule has 2 aliphatic heterocycles. The SMILES string of the molecule is CCCC=C1OC(=O)[C@@]23C4=C(CC[C@@]12[C@@]1(OC(=O)c2c(CCCN)cccc21)[C@H]3CCC)[C@@H]1C=CC[C@H](C)[C@@H]1C=C4. The molecule has 216 valence electrons. The number of ether oxygens (including phenoxy) is 2. The highest BCUT2D eigenvalue weighted by molar-refractivity contribution is 6.00. The molecule has 7 rings (SSSR count). The summed E-state index contributed by atoms with van der Waals surface area (Å²) in [5.74, 6) is 1.51. The Morgan fingerprint density at radius 2 is 2.00 bits per heavy atom. The average molecular weight is 554 g/mol. The maximum atomic E-state index is 14.6. The summed E-state index contributed by atoms with van der Waals surface area (Å²) in [5, 5.41) is 0. The van der Waals surface area contributed by atoms with Crippen molar-refractivity contribution >= 4 is 11.9 Å². The molecule has 1 saturated heterocycles. The third kappa shape index (κ3) is 3.06. The van der Waals surface area contributed by atoms with E-state index in [1.807, 2.05) is 6.07 Å². The second-order valence-corrected chi connectivity index (χ2v) is 13.2. The number of carbonyl (C=O) groups is 2. The summed E-state index contributed by atoms with van der Waals surface area (Å²) in [6.45, 7) is 7.23. The minimum atomic E-state index is -0.918. The van der Waals surface area contributed by atoms with Gasteiger partial charge in [0.1, 0.15) is 11.2 Å².